The third-order valence-electron chi connectivity index (χ3n) is 9.85. The van der Waals surface area contributed by atoms with Gasteiger partial charge in [-0.1, -0.05) is 111 Å². The molecule has 0 saturated carbocycles. The van der Waals surface area contributed by atoms with E-state index in [1.807, 2.05) is 47.8 Å². The Morgan fingerprint density at radius 1 is 0.573 bits per heavy atom. The fraction of sp³-hybridized carbons (Fsp3) is 0.420. The van der Waals surface area contributed by atoms with E-state index in [9.17, 15) is 29.0 Å². The van der Waals surface area contributed by atoms with Gasteiger partial charge in [-0.05, 0) is 130 Å². The lowest BCUT2D eigenvalue weighted by Gasteiger charge is -2.23. The van der Waals surface area contributed by atoms with Crippen LogP contribution in [0.3, 0.4) is 0 Å². The molecule has 4 aromatic carbocycles. The highest BCUT2D eigenvalue weighted by Gasteiger charge is 2.29. The Bertz CT molecular complexity index is 2460. The summed E-state index contributed by atoms with van der Waals surface area (Å²) in [6, 6.07) is 15.7. The van der Waals surface area contributed by atoms with Gasteiger partial charge < -0.3 is 55.2 Å². The van der Waals surface area contributed by atoms with Gasteiger partial charge in [-0.3, -0.25) is 14.4 Å². The molecule has 0 spiro atoms. The molecule has 2 amide bonds. The van der Waals surface area contributed by atoms with Crippen LogP contribution in [0.5, 0.6) is 34.5 Å². The monoisotopic (exact) mass is 1180 g/mol. The minimum absolute atomic E-state index is 0.0569. The van der Waals surface area contributed by atoms with Crippen LogP contribution in [0.2, 0.25) is 43.8 Å². The highest BCUT2D eigenvalue weighted by Crippen LogP contribution is 2.39. The summed E-state index contributed by atoms with van der Waals surface area (Å²) in [5.74, 6) is -0.0619. The first-order valence-electron chi connectivity index (χ1n) is 23.6. The van der Waals surface area contributed by atoms with Crippen LogP contribution in [0.15, 0.2) is 72.8 Å². The first-order valence-corrected chi connectivity index (χ1v) is 27.3. The number of nitrogens with one attached hydrogen (secondary N) is 4. The normalized spacial score (nSPS) is 12.4. The van der Waals surface area contributed by atoms with Crippen LogP contribution in [-0.4, -0.2) is 95.7 Å². The molecule has 25 heteroatoms. The number of ether oxygens (including phenoxy) is 4. The summed E-state index contributed by atoms with van der Waals surface area (Å²) in [5.41, 5.74) is 0. The molecule has 4 unspecified atom stereocenters. The number of hydrogen-bond donors (Lipinski definition) is 7. The van der Waals surface area contributed by atoms with Crippen molar-refractivity contribution in [1.29, 1.82) is 0 Å². The number of carboxylic acids is 1. The van der Waals surface area contributed by atoms with Gasteiger partial charge in [-0.25, -0.2) is 9.59 Å². The molecule has 0 heterocycles. The number of carbonyl (C=O) groups is 5. The maximum Gasteiger partial charge on any atom is 0.374 e. The smallest absolute Gasteiger partial charge is 0.374 e. The first kappa shape index (κ1) is 67.0. The van der Waals surface area contributed by atoms with Crippen LogP contribution in [-0.2, 0) is 24.0 Å². The lowest BCUT2D eigenvalue weighted by Crippen LogP contribution is -2.51. The number of thioether (sulfide) groups is 1. The molecule has 0 fully saturated rings. The van der Waals surface area contributed by atoms with Gasteiger partial charge in [-0.15, -0.1) is 0 Å². The van der Waals surface area contributed by atoms with E-state index < -0.39 is 62.1 Å². The van der Waals surface area contributed by atoms with Crippen LogP contribution in [0.4, 0.5) is 0 Å². The van der Waals surface area contributed by atoms with Gasteiger partial charge in [0.25, 0.3) is 0 Å². The minimum atomic E-state index is -0.960. The van der Waals surface area contributed by atoms with Crippen LogP contribution in [0, 0.1) is 17.8 Å². The van der Waals surface area contributed by atoms with Gasteiger partial charge in [0.1, 0.15) is 23.6 Å². The Kier molecular flexibility index (Phi) is 30.9. The lowest BCUT2D eigenvalue weighted by molar-refractivity contribution is -0.140. The molecule has 16 nitrogen and oxygen atoms in total. The summed E-state index contributed by atoms with van der Waals surface area (Å²) < 4.78 is 22.8. The van der Waals surface area contributed by atoms with Gasteiger partial charge in [-0.2, -0.15) is 11.8 Å². The molecule has 0 aliphatic heterocycles. The van der Waals surface area contributed by atoms with Crippen molar-refractivity contribution in [3.8, 4) is 34.5 Å². The fourth-order valence-corrected chi connectivity index (χ4v) is 8.26. The molecule has 4 aromatic rings. The van der Waals surface area contributed by atoms with Gasteiger partial charge in [0.15, 0.2) is 23.0 Å². The number of esters is 2. The number of carbonyl (C=O) groups excluding carboxylic acids is 4. The quantitative estimate of drug-likeness (QED) is 0.0134. The van der Waals surface area contributed by atoms with Gasteiger partial charge in [0, 0.05) is 32.2 Å². The maximum atomic E-state index is 13.1. The summed E-state index contributed by atoms with van der Waals surface area (Å²) in [7, 11) is -1.64. The van der Waals surface area contributed by atoms with Crippen LogP contribution < -0.4 is 40.0 Å². The number of rotatable bonds is 26. The van der Waals surface area contributed by atoms with Crippen molar-refractivity contribution in [2.45, 2.75) is 105 Å². The topological polar surface area (TPSA) is 231 Å². The molecule has 0 aromatic heterocycles. The van der Waals surface area contributed by atoms with Crippen molar-refractivity contribution in [3.63, 3.8) is 0 Å². The zero-order valence-electron chi connectivity index (χ0n) is 42.9. The molecule has 410 valence electrons. The summed E-state index contributed by atoms with van der Waals surface area (Å²) >= 11 is 37.9. The zero-order valence-corrected chi connectivity index (χ0v) is 48.3. The second kappa shape index (κ2) is 34.6. The predicted molar refractivity (Wildman–Crippen MR) is 303 cm³/mol. The van der Waals surface area contributed by atoms with Crippen LogP contribution in [0.25, 0.3) is 0 Å². The molecule has 0 saturated heterocycles. The van der Waals surface area contributed by atoms with Crippen molar-refractivity contribution in [1.82, 2.24) is 21.1 Å². The highest BCUT2D eigenvalue weighted by molar-refractivity contribution is 7.98. The first-order chi connectivity index (χ1) is 35.2. The Hall–Kier alpha value is -4.11. The number of halogens is 6. The summed E-state index contributed by atoms with van der Waals surface area (Å²) in [6.07, 6.45) is 4.13. The standard InChI is InChI=1S/C24H27Cl3N2O5S.C19H21BCl3NO4.C7H16BNO3/c1-14(2)10-19(29-23(31)18(28-13-30)8-9-35-3)24(32)34-22-12-16(26)5-7-21(22)33-20-6-4-15(25)11-17(20)27;1-11(2)8-15(24-20(3)26)19(25)28-18-10-13(22)5-7-17(18)27-16-6-4-12(21)9-14(16)23;1-5(2)4-6(7(10)11)9-8(3)12/h4-7,11-14,18-19H,8-10H2,1-3H3,(H,28,30)(H,29,31);4-7,9-11,15,24,26H,8H2,1-3H3;5-6,9,12H,4H2,1-3H3,(H,10,11). The zero-order chi connectivity index (χ0) is 56.5. The lowest BCUT2D eigenvalue weighted by atomic mass is 9.86. The minimum Gasteiger partial charge on any atom is -0.480 e. The average Bonchev–Trinajstić information content (AvgIpc) is 3.30. The molecule has 4 rings (SSSR count). The van der Waals surface area contributed by atoms with Crippen molar-refractivity contribution in [3.05, 3.63) is 103 Å². The number of amides is 2. The third kappa shape index (κ3) is 26.2. The molecule has 0 radical (unpaired) electrons. The SMILES string of the molecule is CB(O)NC(CC(C)C)C(=O)O.CB(O)NC(CC(C)C)C(=O)Oc1cc(Cl)ccc1Oc1ccc(Cl)cc1Cl.CSCCC(NC=O)C(=O)NC(CC(C)C)C(=O)Oc1cc(Cl)ccc1Oc1ccc(Cl)cc1Cl. The van der Waals surface area contributed by atoms with Gasteiger partial charge >= 0.3 is 32.0 Å². The van der Waals surface area contributed by atoms with E-state index >= 15 is 0 Å². The molecular weight excluding hydrogens is 1110 g/mol. The number of carboxylic acid groups (broad SMARTS) is 1. The Balaban J connectivity index is 0.000000429. The van der Waals surface area contributed by atoms with Crippen molar-refractivity contribution in [2.75, 3.05) is 12.0 Å². The Morgan fingerprint density at radius 2 is 0.947 bits per heavy atom. The number of aliphatic carboxylic acids is 1. The molecular formula is C50H64B2Cl6N4O12S. The molecule has 4 atom stereocenters. The Morgan fingerprint density at radius 3 is 1.32 bits per heavy atom. The van der Waals surface area contributed by atoms with Crippen molar-refractivity contribution >= 4 is 126 Å². The second-order valence-electron chi connectivity index (χ2n) is 18.1. The van der Waals surface area contributed by atoms with E-state index in [4.69, 9.17) is 98.7 Å². The summed E-state index contributed by atoms with van der Waals surface area (Å²) in [4.78, 5) is 60.1. The average molecular weight is 1180 g/mol. The van der Waals surface area contributed by atoms with E-state index in [-0.39, 0.29) is 39.9 Å². The number of benzene rings is 4. The summed E-state index contributed by atoms with van der Waals surface area (Å²) in [6.45, 7) is 14.7. The van der Waals surface area contributed by atoms with Crippen molar-refractivity contribution in [2.24, 2.45) is 17.8 Å². The van der Waals surface area contributed by atoms with E-state index in [0.717, 1.165) is 0 Å². The van der Waals surface area contributed by atoms with Gasteiger partial charge in [0.05, 0.1) is 22.1 Å². The van der Waals surface area contributed by atoms with Crippen molar-refractivity contribution < 1.29 is 58.1 Å². The largest absolute Gasteiger partial charge is 0.480 e. The van der Waals surface area contributed by atoms with E-state index in [2.05, 4.69) is 21.1 Å². The third-order valence-corrected chi connectivity index (χ3v) is 12.0. The van der Waals surface area contributed by atoms with E-state index in [0.29, 0.717) is 80.4 Å². The number of hydrogen-bond acceptors (Lipinski definition) is 14. The molecule has 0 aliphatic rings. The van der Waals surface area contributed by atoms with Crippen LogP contribution in [0.1, 0.15) is 67.2 Å². The molecule has 75 heavy (non-hydrogen) atoms. The second-order valence-corrected chi connectivity index (χ2v) is 21.6. The Labute approximate surface area is 474 Å². The highest BCUT2D eigenvalue weighted by atomic mass is 35.5. The fourth-order valence-electron chi connectivity index (χ4n) is 6.57. The van der Waals surface area contributed by atoms with E-state index in [1.54, 1.807) is 66.4 Å². The van der Waals surface area contributed by atoms with Gasteiger partial charge in [0.2, 0.25) is 12.3 Å². The molecule has 0 aliphatic carbocycles. The molecule has 7 N–H and O–H groups in total. The predicted octanol–water partition coefficient (Wildman–Crippen LogP) is 11.4. The van der Waals surface area contributed by atoms with E-state index in [1.165, 1.54) is 31.8 Å². The molecule has 0 bridgehead atoms. The summed E-state index contributed by atoms with van der Waals surface area (Å²) in [5, 5.41) is 40.0. The van der Waals surface area contributed by atoms with Crippen LogP contribution >= 0.6 is 81.4 Å². The maximum absolute atomic E-state index is 13.1.